The molecule has 1 atom stereocenters. The van der Waals surface area contributed by atoms with Crippen LogP contribution in [0.1, 0.15) is 18.5 Å². The summed E-state index contributed by atoms with van der Waals surface area (Å²) in [5.41, 5.74) is 2.35. The molecule has 0 aromatic heterocycles. The zero-order valence-electron chi connectivity index (χ0n) is 9.78. The van der Waals surface area contributed by atoms with Gasteiger partial charge in [0.15, 0.2) is 0 Å². The summed E-state index contributed by atoms with van der Waals surface area (Å²) in [6.45, 7) is 6.99. The van der Waals surface area contributed by atoms with Crippen molar-refractivity contribution in [2.24, 2.45) is 0 Å². The average molecular weight is 256 g/mol. The van der Waals surface area contributed by atoms with Gasteiger partial charge < -0.3 is 0 Å². The van der Waals surface area contributed by atoms with Crippen LogP contribution in [0.25, 0.3) is 0 Å². The Kier molecular flexibility index (Phi) is 5.39. The number of thiol groups is 1. The van der Waals surface area contributed by atoms with Crippen LogP contribution in [-0.2, 0) is 0 Å². The van der Waals surface area contributed by atoms with Gasteiger partial charge in [-0.3, -0.25) is 4.90 Å². The maximum Gasteiger partial charge on any atom is 0.0409 e. The Hall–Kier alpha value is -0.440. The number of nitrogens with zero attached hydrogens (tertiary/aromatic N) is 1. The van der Waals surface area contributed by atoms with Gasteiger partial charge in [0.1, 0.15) is 0 Å². The fourth-order valence-electron chi connectivity index (χ4n) is 1.56. The van der Waals surface area contributed by atoms with Crippen LogP contribution in [0.4, 0.5) is 0 Å². The molecule has 0 heterocycles. The molecule has 0 aliphatic carbocycles. The van der Waals surface area contributed by atoms with Crippen LogP contribution in [0.2, 0.25) is 5.02 Å². The van der Waals surface area contributed by atoms with E-state index in [9.17, 15) is 0 Å². The van der Waals surface area contributed by atoms with E-state index >= 15 is 0 Å². The first-order valence-electron chi connectivity index (χ1n) is 5.27. The fourth-order valence-corrected chi connectivity index (χ4v) is 1.86. The van der Waals surface area contributed by atoms with Crippen LogP contribution in [0, 0.1) is 0 Å². The van der Waals surface area contributed by atoms with Crippen molar-refractivity contribution in [3.8, 4) is 0 Å². The van der Waals surface area contributed by atoms with E-state index in [-0.39, 0.29) is 0 Å². The van der Waals surface area contributed by atoms with Crippen molar-refractivity contribution in [3.05, 3.63) is 47.0 Å². The van der Waals surface area contributed by atoms with Crippen LogP contribution in [-0.4, -0.2) is 24.2 Å². The number of likely N-dealkylation sites (N-methyl/N-ethyl adjacent to an activating group) is 1. The highest BCUT2D eigenvalue weighted by atomic mass is 35.5. The zero-order valence-corrected chi connectivity index (χ0v) is 11.4. The van der Waals surface area contributed by atoms with Gasteiger partial charge in [-0.05, 0) is 31.7 Å². The van der Waals surface area contributed by atoms with E-state index in [4.69, 9.17) is 11.6 Å². The van der Waals surface area contributed by atoms with Crippen molar-refractivity contribution in [2.45, 2.75) is 13.0 Å². The number of hydrogen-bond acceptors (Lipinski definition) is 2. The second kappa shape index (κ2) is 6.33. The second-order valence-electron chi connectivity index (χ2n) is 4.05. The molecule has 1 aromatic rings. The molecule has 1 nitrogen and oxygen atoms in total. The quantitative estimate of drug-likeness (QED) is 0.619. The van der Waals surface area contributed by atoms with Gasteiger partial charge in [0.05, 0.1) is 0 Å². The van der Waals surface area contributed by atoms with Gasteiger partial charge in [0, 0.05) is 23.4 Å². The Morgan fingerprint density at radius 1 is 1.56 bits per heavy atom. The molecule has 0 N–H and O–H groups in total. The van der Waals surface area contributed by atoms with E-state index in [1.165, 1.54) is 5.56 Å². The average Bonchev–Trinajstić information content (AvgIpc) is 2.27. The fraction of sp³-hybridized carbons (Fsp3) is 0.385. The molecule has 0 bridgehead atoms. The maximum atomic E-state index is 5.98. The molecule has 3 heteroatoms. The summed E-state index contributed by atoms with van der Waals surface area (Å²) in [5, 5.41) is 0.783. The lowest BCUT2D eigenvalue weighted by atomic mass is 10.1. The Morgan fingerprint density at radius 2 is 2.25 bits per heavy atom. The topological polar surface area (TPSA) is 3.24 Å². The molecular formula is C13H18ClNS. The predicted molar refractivity (Wildman–Crippen MR) is 75.5 cm³/mol. The van der Waals surface area contributed by atoms with E-state index < -0.39 is 0 Å². The summed E-state index contributed by atoms with van der Waals surface area (Å²) in [6.07, 6.45) is 0. The molecule has 0 saturated heterocycles. The third-order valence-electron chi connectivity index (χ3n) is 2.69. The van der Waals surface area contributed by atoms with Crippen molar-refractivity contribution in [3.63, 3.8) is 0 Å². The molecule has 1 aromatic carbocycles. The minimum atomic E-state index is 0.329. The predicted octanol–water partition coefficient (Wildman–Crippen LogP) is 3.82. The van der Waals surface area contributed by atoms with Crippen LogP contribution >= 0.6 is 24.2 Å². The van der Waals surface area contributed by atoms with E-state index in [0.717, 1.165) is 22.9 Å². The smallest absolute Gasteiger partial charge is 0.0409 e. The highest BCUT2D eigenvalue weighted by Crippen LogP contribution is 2.22. The molecule has 0 aliphatic heterocycles. The van der Waals surface area contributed by atoms with Crippen molar-refractivity contribution in [1.82, 2.24) is 4.90 Å². The molecule has 88 valence electrons. The second-order valence-corrected chi connectivity index (χ2v) is 4.81. The molecule has 0 fully saturated rings. The molecule has 1 rings (SSSR count). The Balaban J connectivity index is 2.70. The summed E-state index contributed by atoms with van der Waals surface area (Å²) >= 11 is 10.2. The van der Waals surface area contributed by atoms with Crippen LogP contribution < -0.4 is 0 Å². The van der Waals surface area contributed by atoms with Gasteiger partial charge in [-0.25, -0.2) is 0 Å². The minimum Gasteiger partial charge on any atom is -0.296 e. The van der Waals surface area contributed by atoms with Gasteiger partial charge >= 0.3 is 0 Å². The van der Waals surface area contributed by atoms with Crippen molar-refractivity contribution < 1.29 is 0 Å². The Morgan fingerprint density at radius 3 is 2.81 bits per heavy atom. The van der Waals surface area contributed by atoms with Gasteiger partial charge in [-0.2, -0.15) is 12.6 Å². The van der Waals surface area contributed by atoms with E-state index in [2.05, 4.69) is 44.1 Å². The first-order valence-corrected chi connectivity index (χ1v) is 6.29. The lowest BCUT2D eigenvalue weighted by Crippen LogP contribution is -2.24. The van der Waals surface area contributed by atoms with E-state index in [1.807, 2.05) is 18.2 Å². The van der Waals surface area contributed by atoms with E-state index in [1.54, 1.807) is 0 Å². The summed E-state index contributed by atoms with van der Waals surface area (Å²) in [6, 6.07) is 8.30. The van der Waals surface area contributed by atoms with Gasteiger partial charge in [-0.15, -0.1) is 0 Å². The molecule has 1 unspecified atom stereocenters. The van der Waals surface area contributed by atoms with Crippen LogP contribution in [0.15, 0.2) is 36.4 Å². The van der Waals surface area contributed by atoms with E-state index in [0.29, 0.717) is 6.04 Å². The summed E-state index contributed by atoms with van der Waals surface area (Å²) < 4.78 is 0. The minimum absolute atomic E-state index is 0.329. The number of benzene rings is 1. The molecule has 0 aliphatic rings. The first kappa shape index (κ1) is 13.6. The first-order chi connectivity index (χ1) is 7.54. The molecule has 0 spiro atoms. The largest absolute Gasteiger partial charge is 0.296 e. The third kappa shape index (κ3) is 3.85. The Labute approximate surface area is 109 Å². The number of halogens is 1. The molecule has 0 amide bonds. The standard InChI is InChI=1S/C13H18ClNS/c1-10(9-16)8-15(3)11(2)12-5-4-6-13(14)7-12/h4-7,11,16H,1,8-9H2,2-3H3. The highest BCUT2D eigenvalue weighted by Gasteiger charge is 2.12. The van der Waals surface area contributed by atoms with Gasteiger partial charge in [-0.1, -0.05) is 35.9 Å². The molecule has 0 radical (unpaired) electrons. The van der Waals surface area contributed by atoms with Crippen molar-refractivity contribution >= 4 is 24.2 Å². The SMILES string of the molecule is C=C(CS)CN(C)C(C)c1cccc(Cl)c1. The molecule has 16 heavy (non-hydrogen) atoms. The summed E-state index contributed by atoms with van der Waals surface area (Å²) in [4.78, 5) is 2.24. The van der Waals surface area contributed by atoms with Crippen LogP contribution in [0.3, 0.4) is 0 Å². The zero-order chi connectivity index (χ0) is 12.1. The number of rotatable bonds is 5. The highest BCUT2D eigenvalue weighted by molar-refractivity contribution is 7.80. The Bertz CT molecular complexity index is 365. The van der Waals surface area contributed by atoms with Gasteiger partial charge in [0.25, 0.3) is 0 Å². The third-order valence-corrected chi connectivity index (χ3v) is 3.37. The lowest BCUT2D eigenvalue weighted by Gasteiger charge is -2.25. The maximum absolute atomic E-state index is 5.98. The van der Waals surface area contributed by atoms with Crippen molar-refractivity contribution in [1.29, 1.82) is 0 Å². The van der Waals surface area contributed by atoms with Crippen molar-refractivity contribution in [2.75, 3.05) is 19.3 Å². The lowest BCUT2D eigenvalue weighted by molar-refractivity contribution is 0.284. The summed E-state index contributed by atoms with van der Waals surface area (Å²) in [7, 11) is 2.08. The van der Waals surface area contributed by atoms with Gasteiger partial charge in [0.2, 0.25) is 0 Å². The van der Waals surface area contributed by atoms with Crippen LogP contribution in [0.5, 0.6) is 0 Å². The monoisotopic (exact) mass is 255 g/mol. The normalized spacial score (nSPS) is 12.8. The molecular weight excluding hydrogens is 238 g/mol. The summed E-state index contributed by atoms with van der Waals surface area (Å²) in [5.74, 6) is 0.729. The molecule has 0 saturated carbocycles. The number of hydrogen-bond donors (Lipinski definition) is 1.